The topological polar surface area (TPSA) is 26.9 Å². The van der Waals surface area contributed by atoms with E-state index < -0.39 is 0 Å². The average molecular weight is 367 g/mol. The minimum Gasteiger partial charge on any atom is -0.338 e. The van der Waals surface area contributed by atoms with E-state index in [1.165, 1.54) is 40.8 Å². The zero-order valence-electron chi connectivity index (χ0n) is 16.0. The second kappa shape index (κ2) is 6.66. The van der Waals surface area contributed by atoms with Crippen LogP contribution in [0, 0.1) is 12.8 Å². The maximum Gasteiger partial charge on any atom is 0.253 e. The largest absolute Gasteiger partial charge is 0.338 e. The summed E-state index contributed by atoms with van der Waals surface area (Å²) in [5.41, 5.74) is 4.50. The Morgan fingerprint density at radius 2 is 2.04 bits per heavy atom. The summed E-state index contributed by atoms with van der Waals surface area (Å²) in [5.74, 6) is 0.876. The third kappa shape index (κ3) is 3.01. The van der Waals surface area contributed by atoms with Crippen LogP contribution in [0.15, 0.2) is 46.2 Å². The molecule has 1 saturated carbocycles. The van der Waals surface area contributed by atoms with Gasteiger partial charge in [-0.2, -0.15) is 0 Å². The first-order valence-corrected chi connectivity index (χ1v) is 10.6. The van der Waals surface area contributed by atoms with E-state index in [9.17, 15) is 4.79 Å². The molecule has 3 aromatic rings. The van der Waals surface area contributed by atoms with Gasteiger partial charge in [0.25, 0.3) is 5.56 Å². The van der Waals surface area contributed by atoms with Crippen LogP contribution in [0.4, 0.5) is 0 Å². The van der Waals surface area contributed by atoms with E-state index in [4.69, 9.17) is 0 Å². The molecule has 0 saturated heterocycles. The highest BCUT2D eigenvalue weighted by Crippen LogP contribution is 2.41. The lowest BCUT2D eigenvalue weighted by Crippen LogP contribution is -2.19. The van der Waals surface area contributed by atoms with Crippen LogP contribution in [-0.2, 0) is 7.05 Å². The van der Waals surface area contributed by atoms with Gasteiger partial charge < -0.3 is 9.13 Å². The van der Waals surface area contributed by atoms with Gasteiger partial charge in [-0.15, -0.1) is 11.8 Å². The van der Waals surface area contributed by atoms with Crippen molar-refractivity contribution in [2.45, 2.75) is 44.0 Å². The van der Waals surface area contributed by atoms with Gasteiger partial charge in [0.2, 0.25) is 0 Å². The Balaban J connectivity index is 1.96. The smallest absolute Gasteiger partial charge is 0.253 e. The van der Waals surface area contributed by atoms with Crippen LogP contribution < -0.4 is 5.56 Å². The van der Waals surface area contributed by atoms with Crippen molar-refractivity contribution in [3.05, 3.63) is 52.4 Å². The third-order valence-corrected chi connectivity index (χ3v) is 6.33. The Morgan fingerprint density at radius 1 is 1.27 bits per heavy atom. The first-order valence-electron chi connectivity index (χ1n) is 9.35. The molecule has 2 heterocycles. The summed E-state index contributed by atoms with van der Waals surface area (Å²) < 4.78 is 4.19. The van der Waals surface area contributed by atoms with E-state index in [2.05, 4.69) is 42.0 Å². The summed E-state index contributed by atoms with van der Waals surface area (Å²) in [7, 11) is 1.84. The molecule has 1 aromatic carbocycles. The molecule has 0 amide bonds. The molecule has 0 N–H and O–H groups in total. The number of hydrogen-bond donors (Lipinski definition) is 0. The molecular formula is C22H26N2OS. The second-order valence-electron chi connectivity index (χ2n) is 7.65. The lowest BCUT2D eigenvalue weighted by Gasteiger charge is -2.20. The number of aryl methyl sites for hydroxylation is 2. The molecule has 0 radical (unpaired) electrons. The molecule has 2 aromatic heterocycles. The zero-order chi connectivity index (χ0) is 18.4. The predicted octanol–water partition coefficient (Wildman–Crippen LogP) is 5.40. The Bertz CT molecular complexity index is 1000. The molecule has 136 valence electrons. The van der Waals surface area contributed by atoms with Crippen LogP contribution in [0.1, 0.15) is 37.8 Å². The molecule has 1 atom stereocenters. The number of pyridine rings is 1. The summed E-state index contributed by atoms with van der Waals surface area (Å²) >= 11 is 1.79. The lowest BCUT2D eigenvalue weighted by atomic mass is 10.1. The number of fused-ring (bicyclic) bond motifs is 1. The molecule has 1 unspecified atom stereocenters. The standard InChI is InChI=1S/C22H26N2OS/c1-14-10-17(13-23(3)22(14)25)20-12-18-19(6-5-7-21(18)26-4)24(20)15(2)11-16-8-9-16/h5-7,10,12-13,15-16H,8-9,11H2,1-4H3. The van der Waals surface area contributed by atoms with Crippen LogP contribution in [0.25, 0.3) is 22.2 Å². The van der Waals surface area contributed by atoms with Crippen LogP contribution >= 0.6 is 11.8 Å². The van der Waals surface area contributed by atoms with E-state index in [0.29, 0.717) is 6.04 Å². The number of aromatic nitrogens is 2. The quantitative estimate of drug-likeness (QED) is 0.565. The zero-order valence-corrected chi connectivity index (χ0v) is 16.8. The highest BCUT2D eigenvalue weighted by atomic mass is 32.2. The van der Waals surface area contributed by atoms with Gasteiger partial charge >= 0.3 is 0 Å². The molecule has 0 aliphatic heterocycles. The van der Waals surface area contributed by atoms with Gasteiger partial charge in [0, 0.05) is 46.2 Å². The molecule has 4 rings (SSSR count). The van der Waals surface area contributed by atoms with Gasteiger partial charge in [0.1, 0.15) is 0 Å². The van der Waals surface area contributed by atoms with Crippen molar-refractivity contribution in [1.82, 2.24) is 9.13 Å². The van der Waals surface area contributed by atoms with E-state index >= 15 is 0 Å². The fourth-order valence-corrected chi connectivity index (χ4v) is 4.66. The van der Waals surface area contributed by atoms with Crippen LogP contribution in [-0.4, -0.2) is 15.4 Å². The summed E-state index contributed by atoms with van der Waals surface area (Å²) in [4.78, 5) is 13.5. The Morgan fingerprint density at radius 3 is 2.69 bits per heavy atom. The maximum atomic E-state index is 12.2. The van der Waals surface area contributed by atoms with E-state index in [0.717, 1.165) is 17.0 Å². The summed E-state index contributed by atoms with van der Waals surface area (Å²) in [6.45, 7) is 4.24. The molecule has 0 spiro atoms. The first kappa shape index (κ1) is 17.5. The van der Waals surface area contributed by atoms with Crippen molar-refractivity contribution in [2.75, 3.05) is 6.26 Å². The van der Waals surface area contributed by atoms with Crippen LogP contribution in [0.2, 0.25) is 0 Å². The predicted molar refractivity (Wildman–Crippen MR) is 111 cm³/mol. The normalized spacial score (nSPS) is 15.5. The molecular weight excluding hydrogens is 340 g/mol. The maximum absolute atomic E-state index is 12.2. The van der Waals surface area contributed by atoms with E-state index in [1.54, 1.807) is 16.3 Å². The van der Waals surface area contributed by atoms with Crippen molar-refractivity contribution >= 4 is 22.7 Å². The van der Waals surface area contributed by atoms with Gasteiger partial charge in [0.05, 0.1) is 5.69 Å². The highest BCUT2D eigenvalue weighted by molar-refractivity contribution is 7.98. The SMILES string of the molecule is CSc1cccc2c1cc(-c1cc(C)c(=O)n(C)c1)n2C(C)CC1CC1. The lowest BCUT2D eigenvalue weighted by molar-refractivity contribution is 0.493. The molecule has 1 aliphatic carbocycles. The molecule has 26 heavy (non-hydrogen) atoms. The van der Waals surface area contributed by atoms with E-state index in [1.807, 2.05) is 26.2 Å². The Hall–Kier alpha value is -1.94. The number of benzene rings is 1. The van der Waals surface area contributed by atoms with Crippen molar-refractivity contribution in [3.8, 4) is 11.3 Å². The van der Waals surface area contributed by atoms with Gasteiger partial charge in [-0.3, -0.25) is 4.79 Å². The van der Waals surface area contributed by atoms with Gasteiger partial charge in [-0.05, 0) is 56.7 Å². The second-order valence-corrected chi connectivity index (χ2v) is 8.50. The van der Waals surface area contributed by atoms with Crippen molar-refractivity contribution in [1.29, 1.82) is 0 Å². The summed E-state index contributed by atoms with van der Waals surface area (Å²) in [6, 6.07) is 11.4. The fourth-order valence-electron chi connectivity index (χ4n) is 4.06. The van der Waals surface area contributed by atoms with E-state index in [-0.39, 0.29) is 5.56 Å². The number of thioether (sulfide) groups is 1. The minimum absolute atomic E-state index is 0.0762. The summed E-state index contributed by atoms with van der Waals surface area (Å²) in [6.07, 6.45) is 8.07. The van der Waals surface area contributed by atoms with Crippen molar-refractivity contribution in [3.63, 3.8) is 0 Å². The fraction of sp³-hybridized carbons (Fsp3) is 0.409. The third-order valence-electron chi connectivity index (χ3n) is 5.53. The van der Waals surface area contributed by atoms with Crippen LogP contribution in [0.3, 0.4) is 0 Å². The van der Waals surface area contributed by atoms with Gasteiger partial charge in [0.15, 0.2) is 0 Å². The molecule has 0 bridgehead atoms. The number of nitrogens with zero attached hydrogens (tertiary/aromatic N) is 2. The minimum atomic E-state index is 0.0762. The van der Waals surface area contributed by atoms with Gasteiger partial charge in [-0.1, -0.05) is 18.9 Å². The Kier molecular flexibility index (Phi) is 4.47. The van der Waals surface area contributed by atoms with Crippen molar-refractivity contribution in [2.24, 2.45) is 13.0 Å². The Labute approximate surface area is 159 Å². The van der Waals surface area contributed by atoms with Gasteiger partial charge in [-0.25, -0.2) is 0 Å². The summed E-state index contributed by atoms with van der Waals surface area (Å²) in [5, 5.41) is 1.31. The number of rotatable bonds is 5. The monoisotopic (exact) mass is 366 g/mol. The molecule has 1 aliphatic rings. The number of hydrogen-bond acceptors (Lipinski definition) is 2. The highest BCUT2D eigenvalue weighted by Gasteiger charge is 2.26. The molecule has 3 nitrogen and oxygen atoms in total. The molecule has 1 fully saturated rings. The molecule has 4 heteroatoms. The average Bonchev–Trinajstić information content (AvgIpc) is 3.34. The van der Waals surface area contributed by atoms with Crippen LogP contribution in [0.5, 0.6) is 0 Å². The first-order chi connectivity index (χ1) is 12.5. The van der Waals surface area contributed by atoms with Crippen molar-refractivity contribution < 1.29 is 0 Å².